The Labute approximate surface area is 161 Å². The number of aromatic amines is 1. The van der Waals surface area contributed by atoms with Gasteiger partial charge in [-0.1, -0.05) is 36.2 Å². The number of aromatic nitrogens is 2. The van der Waals surface area contributed by atoms with Gasteiger partial charge in [0, 0.05) is 11.0 Å². The summed E-state index contributed by atoms with van der Waals surface area (Å²) in [7, 11) is 1.27. The van der Waals surface area contributed by atoms with Gasteiger partial charge in [0.2, 0.25) is 5.91 Å². The molecule has 0 saturated carbocycles. The zero-order chi connectivity index (χ0) is 19.1. The molecular weight excluding hydrogens is 400 g/mol. The molecule has 2 N–H and O–H groups in total. The van der Waals surface area contributed by atoms with Crippen LogP contribution in [0, 0.1) is 0 Å². The van der Waals surface area contributed by atoms with Crippen LogP contribution in [-0.2, 0) is 9.53 Å². The summed E-state index contributed by atoms with van der Waals surface area (Å²) in [6, 6.07) is 5.74. The number of amides is 2. The standard InChI is InChI=1S/C15H17BrN4O3.C3H8/c1-23-15(22)17-8-13(21)20-6-2-3-12(20)14-18-10-5-4-9(16)7-11(10)19-14;1-3-2/h4-5,7,12H,2-3,6,8H2,1H3,(H,17,22)(H,18,19);3H2,1-2H3. The highest BCUT2D eigenvalue weighted by Gasteiger charge is 2.32. The lowest BCUT2D eigenvalue weighted by Crippen LogP contribution is -2.40. The third-order valence-electron chi connectivity index (χ3n) is 3.92. The predicted octanol–water partition coefficient (Wildman–Crippen LogP) is 3.76. The van der Waals surface area contributed by atoms with Gasteiger partial charge < -0.3 is 19.9 Å². The van der Waals surface area contributed by atoms with Crippen LogP contribution in [0.4, 0.5) is 4.79 Å². The number of alkyl carbamates (subject to hydrolysis) is 1. The summed E-state index contributed by atoms with van der Waals surface area (Å²) >= 11 is 3.44. The summed E-state index contributed by atoms with van der Waals surface area (Å²) in [6.07, 6.45) is 2.41. The van der Waals surface area contributed by atoms with Gasteiger partial charge in [0.05, 0.1) is 24.2 Å². The van der Waals surface area contributed by atoms with Gasteiger partial charge in [-0.15, -0.1) is 0 Å². The molecule has 26 heavy (non-hydrogen) atoms. The van der Waals surface area contributed by atoms with Gasteiger partial charge in [-0.3, -0.25) is 4.79 Å². The second kappa shape index (κ2) is 9.56. The Balaban J connectivity index is 0.000000758. The van der Waals surface area contributed by atoms with E-state index in [1.54, 1.807) is 4.90 Å². The second-order valence-electron chi connectivity index (χ2n) is 6.08. The van der Waals surface area contributed by atoms with E-state index in [4.69, 9.17) is 0 Å². The van der Waals surface area contributed by atoms with Gasteiger partial charge in [0.1, 0.15) is 12.4 Å². The number of H-pyrrole nitrogens is 1. The molecule has 1 aromatic heterocycles. The lowest BCUT2D eigenvalue weighted by Gasteiger charge is -2.23. The number of hydrogen-bond acceptors (Lipinski definition) is 4. The lowest BCUT2D eigenvalue weighted by atomic mass is 10.2. The Bertz CT molecular complexity index is 762. The molecule has 1 saturated heterocycles. The van der Waals surface area contributed by atoms with Crippen LogP contribution in [0.5, 0.6) is 0 Å². The molecule has 0 spiro atoms. The van der Waals surface area contributed by atoms with E-state index in [0.29, 0.717) is 6.54 Å². The number of carbonyl (C=O) groups is 2. The predicted molar refractivity (Wildman–Crippen MR) is 104 cm³/mol. The smallest absolute Gasteiger partial charge is 0.407 e. The molecule has 0 bridgehead atoms. The molecular formula is C18H25BrN4O3. The summed E-state index contributed by atoms with van der Waals surface area (Å²) in [6.45, 7) is 4.84. The Hall–Kier alpha value is -2.09. The van der Waals surface area contributed by atoms with Crippen LogP contribution in [0.25, 0.3) is 11.0 Å². The summed E-state index contributed by atoms with van der Waals surface area (Å²) in [5.41, 5.74) is 1.80. The van der Waals surface area contributed by atoms with Crippen molar-refractivity contribution in [1.82, 2.24) is 20.2 Å². The Kier molecular flexibility index (Phi) is 7.44. The quantitative estimate of drug-likeness (QED) is 0.784. The number of carbonyl (C=O) groups excluding carboxylic acids is 2. The molecule has 2 heterocycles. The molecule has 7 nitrogen and oxygen atoms in total. The molecule has 2 amide bonds. The minimum Gasteiger partial charge on any atom is -0.453 e. The normalized spacial score (nSPS) is 16.2. The first-order chi connectivity index (χ1) is 12.5. The number of methoxy groups -OCH3 is 1. The average molecular weight is 425 g/mol. The Morgan fingerprint density at radius 3 is 2.85 bits per heavy atom. The van der Waals surface area contributed by atoms with E-state index in [2.05, 4.69) is 49.8 Å². The number of hydrogen-bond donors (Lipinski definition) is 2. The minimum atomic E-state index is -0.609. The van der Waals surface area contributed by atoms with Crippen molar-refractivity contribution in [3.63, 3.8) is 0 Å². The van der Waals surface area contributed by atoms with E-state index in [-0.39, 0.29) is 18.5 Å². The number of likely N-dealkylation sites (tertiary alicyclic amines) is 1. The fourth-order valence-electron chi connectivity index (χ4n) is 2.83. The van der Waals surface area contributed by atoms with Crippen LogP contribution in [0.15, 0.2) is 22.7 Å². The highest BCUT2D eigenvalue weighted by atomic mass is 79.9. The molecule has 3 rings (SSSR count). The summed E-state index contributed by atoms with van der Waals surface area (Å²) in [5, 5.41) is 2.43. The summed E-state index contributed by atoms with van der Waals surface area (Å²) < 4.78 is 5.46. The second-order valence-corrected chi connectivity index (χ2v) is 7.00. The zero-order valence-corrected chi connectivity index (χ0v) is 16.9. The van der Waals surface area contributed by atoms with Gasteiger partial charge in [-0.05, 0) is 31.0 Å². The number of ether oxygens (including phenoxy) is 1. The fourth-order valence-corrected chi connectivity index (χ4v) is 3.19. The Morgan fingerprint density at radius 1 is 1.42 bits per heavy atom. The topological polar surface area (TPSA) is 87.3 Å². The van der Waals surface area contributed by atoms with Gasteiger partial charge in [-0.2, -0.15) is 0 Å². The molecule has 1 unspecified atom stereocenters. The molecule has 1 atom stereocenters. The van der Waals surface area contributed by atoms with Crippen molar-refractivity contribution < 1.29 is 14.3 Å². The maximum Gasteiger partial charge on any atom is 0.407 e. The van der Waals surface area contributed by atoms with Crippen molar-refractivity contribution >= 4 is 39.0 Å². The summed E-state index contributed by atoms with van der Waals surface area (Å²) in [5.74, 6) is 0.640. The first kappa shape index (κ1) is 20.2. The van der Waals surface area contributed by atoms with Crippen molar-refractivity contribution in [2.24, 2.45) is 0 Å². The van der Waals surface area contributed by atoms with E-state index in [0.717, 1.165) is 34.2 Å². The monoisotopic (exact) mass is 424 g/mol. The number of fused-ring (bicyclic) bond motifs is 1. The summed E-state index contributed by atoms with van der Waals surface area (Å²) in [4.78, 5) is 33.1. The van der Waals surface area contributed by atoms with Gasteiger partial charge in [-0.25, -0.2) is 9.78 Å². The molecule has 1 aromatic carbocycles. The highest BCUT2D eigenvalue weighted by molar-refractivity contribution is 9.10. The van der Waals surface area contributed by atoms with Crippen molar-refractivity contribution in [2.75, 3.05) is 20.2 Å². The number of nitrogens with one attached hydrogen (secondary N) is 2. The first-order valence-corrected chi connectivity index (χ1v) is 9.55. The molecule has 142 valence electrons. The number of halogens is 1. The van der Waals surface area contributed by atoms with Crippen molar-refractivity contribution in [3.8, 4) is 0 Å². The van der Waals surface area contributed by atoms with Crippen LogP contribution in [-0.4, -0.2) is 47.1 Å². The van der Waals surface area contributed by atoms with Gasteiger partial charge in [0.15, 0.2) is 0 Å². The maximum absolute atomic E-state index is 12.3. The molecule has 1 aliphatic rings. The minimum absolute atomic E-state index is 0.0745. The molecule has 2 aromatic rings. The third kappa shape index (κ3) is 4.97. The third-order valence-corrected chi connectivity index (χ3v) is 4.41. The molecule has 1 fully saturated rings. The zero-order valence-electron chi connectivity index (χ0n) is 15.3. The van der Waals surface area contributed by atoms with E-state index < -0.39 is 6.09 Å². The van der Waals surface area contributed by atoms with Crippen LogP contribution in [0.3, 0.4) is 0 Å². The maximum atomic E-state index is 12.3. The van der Waals surface area contributed by atoms with Crippen molar-refractivity contribution in [1.29, 1.82) is 0 Å². The SMILES string of the molecule is CCC.COC(=O)NCC(=O)N1CCCC1c1nc2ccc(Br)cc2[nH]1. The van der Waals surface area contributed by atoms with Crippen LogP contribution < -0.4 is 5.32 Å². The number of imidazole rings is 1. The number of rotatable bonds is 3. The van der Waals surface area contributed by atoms with Crippen molar-refractivity contribution in [2.45, 2.75) is 39.2 Å². The van der Waals surface area contributed by atoms with E-state index >= 15 is 0 Å². The van der Waals surface area contributed by atoms with Crippen LogP contribution in [0.2, 0.25) is 0 Å². The largest absolute Gasteiger partial charge is 0.453 e. The molecule has 0 aliphatic carbocycles. The average Bonchev–Trinajstić information content (AvgIpc) is 3.25. The molecule has 1 aliphatic heterocycles. The number of benzene rings is 1. The Morgan fingerprint density at radius 2 is 2.15 bits per heavy atom. The van der Waals surface area contributed by atoms with E-state index in [9.17, 15) is 9.59 Å². The van der Waals surface area contributed by atoms with Gasteiger partial charge in [0.25, 0.3) is 0 Å². The van der Waals surface area contributed by atoms with Crippen LogP contribution >= 0.6 is 15.9 Å². The van der Waals surface area contributed by atoms with Crippen molar-refractivity contribution in [3.05, 3.63) is 28.5 Å². The highest BCUT2D eigenvalue weighted by Crippen LogP contribution is 2.31. The van der Waals surface area contributed by atoms with E-state index in [1.807, 2.05) is 18.2 Å². The van der Waals surface area contributed by atoms with E-state index in [1.165, 1.54) is 13.5 Å². The van der Waals surface area contributed by atoms with Gasteiger partial charge >= 0.3 is 6.09 Å². The first-order valence-electron chi connectivity index (χ1n) is 8.76. The number of nitrogens with zero attached hydrogens (tertiary/aromatic N) is 2. The fraction of sp³-hybridized carbons (Fsp3) is 0.500. The molecule has 0 radical (unpaired) electrons. The lowest BCUT2D eigenvalue weighted by molar-refractivity contribution is -0.131. The molecule has 8 heteroatoms. The van der Waals surface area contributed by atoms with Crippen LogP contribution in [0.1, 0.15) is 45.0 Å².